The van der Waals surface area contributed by atoms with Crippen LogP contribution in [0.25, 0.3) is 11.0 Å². The molecule has 3 heterocycles. The van der Waals surface area contributed by atoms with Gasteiger partial charge in [0.1, 0.15) is 23.7 Å². The van der Waals surface area contributed by atoms with E-state index in [0.29, 0.717) is 33.6 Å². The molecule has 0 spiro atoms. The number of ether oxygens (including phenoxy) is 1. The minimum atomic E-state index is -4.46. The van der Waals surface area contributed by atoms with Crippen LogP contribution in [-0.2, 0) is 12.8 Å². The fourth-order valence-electron chi connectivity index (χ4n) is 3.49. The molecular formula is C21H20F3N3O3. The Hall–Kier alpha value is -3.07. The highest BCUT2D eigenvalue weighted by Crippen LogP contribution is 2.31. The molecule has 30 heavy (non-hydrogen) atoms. The quantitative estimate of drug-likeness (QED) is 0.658. The first-order valence-electron chi connectivity index (χ1n) is 9.50. The van der Waals surface area contributed by atoms with Crippen LogP contribution in [0.5, 0.6) is 5.75 Å². The minimum Gasteiger partial charge on any atom is -0.489 e. The monoisotopic (exact) mass is 419 g/mol. The lowest BCUT2D eigenvalue weighted by atomic mass is 10.1. The highest BCUT2D eigenvalue weighted by atomic mass is 19.4. The molecule has 1 saturated heterocycles. The van der Waals surface area contributed by atoms with E-state index in [-0.39, 0.29) is 18.6 Å². The molecule has 4 rings (SSSR count). The summed E-state index contributed by atoms with van der Waals surface area (Å²) in [5, 5.41) is 6.78. The second kappa shape index (κ2) is 7.98. The lowest BCUT2D eigenvalue weighted by Gasteiger charge is -2.11. The second-order valence-electron chi connectivity index (χ2n) is 7.22. The Morgan fingerprint density at radius 2 is 2.17 bits per heavy atom. The highest BCUT2D eigenvalue weighted by molar-refractivity contribution is 6.07. The first-order valence-corrected chi connectivity index (χ1v) is 9.50. The number of aryl methyl sites for hydroxylation is 1. The van der Waals surface area contributed by atoms with Crippen molar-refractivity contribution in [2.24, 2.45) is 0 Å². The Balaban J connectivity index is 1.53. The number of halogens is 3. The summed E-state index contributed by atoms with van der Waals surface area (Å²) in [6.45, 7) is 3.21. The first kappa shape index (κ1) is 20.2. The van der Waals surface area contributed by atoms with Gasteiger partial charge in [-0.3, -0.25) is 9.78 Å². The lowest BCUT2D eigenvalue weighted by molar-refractivity contribution is -0.137. The average Bonchev–Trinajstić information content (AvgIpc) is 3.32. The van der Waals surface area contributed by atoms with Gasteiger partial charge in [0.2, 0.25) is 0 Å². The van der Waals surface area contributed by atoms with Crippen molar-refractivity contribution < 1.29 is 27.1 Å². The Morgan fingerprint density at radius 3 is 2.90 bits per heavy atom. The van der Waals surface area contributed by atoms with Gasteiger partial charge in [-0.1, -0.05) is 0 Å². The zero-order valence-corrected chi connectivity index (χ0v) is 16.2. The average molecular weight is 419 g/mol. The van der Waals surface area contributed by atoms with E-state index < -0.39 is 11.7 Å². The maximum Gasteiger partial charge on any atom is 0.417 e. The summed E-state index contributed by atoms with van der Waals surface area (Å²) in [5.74, 6) is 0.684. The molecule has 0 radical (unpaired) electrons. The van der Waals surface area contributed by atoms with Gasteiger partial charge < -0.3 is 19.8 Å². The van der Waals surface area contributed by atoms with Crippen LogP contribution < -0.4 is 15.4 Å². The van der Waals surface area contributed by atoms with E-state index in [2.05, 4.69) is 15.6 Å². The number of hydrogen-bond acceptors (Lipinski definition) is 5. The number of hydrogen-bond donors (Lipinski definition) is 2. The van der Waals surface area contributed by atoms with E-state index in [1.807, 2.05) is 0 Å². The van der Waals surface area contributed by atoms with Gasteiger partial charge in [0.05, 0.1) is 11.1 Å². The minimum absolute atomic E-state index is 0.0645. The normalized spacial score (nSPS) is 16.7. The summed E-state index contributed by atoms with van der Waals surface area (Å²) in [7, 11) is 0. The highest BCUT2D eigenvalue weighted by Gasteiger charge is 2.31. The van der Waals surface area contributed by atoms with Crippen LogP contribution in [0, 0.1) is 6.92 Å². The van der Waals surface area contributed by atoms with Gasteiger partial charge in [-0.2, -0.15) is 13.2 Å². The molecule has 1 aliphatic rings. The van der Waals surface area contributed by atoms with Crippen molar-refractivity contribution in [2.45, 2.75) is 32.2 Å². The Kier molecular flexibility index (Phi) is 5.38. The third-order valence-corrected chi connectivity index (χ3v) is 4.99. The summed E-state index contributed by atoms with van der Waals surface area (Å²) in [6.07, 6.45) is -1.51. The number of nitrogens with zero attached hydrogens (tertiary/aromatic N) is 1. The van der Waals surface area contributed by atoms with E-state index in [4.69, 9.17) is 9.15 Å². The second-order valence-corrected chi connectivity index (χ2v) is 7.22. The fraction of sp³-hybridized carbons (Fsp3) is 0.333. The largest absolute Gasteiger partial charge is 0.489 e. The Labute approximate surface area is 170 Å². The number of alkyl halides is 3. The molecule has 2 aromatic heterocycles. The summed E-state index contributed by atoms with van der Waals surface area (Å²) >= 11 is 0. The van der Waals surface area contributed by atoms with Crippen molar-refractivity contribution in [3.63, 3.8) is 0 Å². The Morgan fingerprint density at radius 1 is 1.33 bits per heavy atom. The number of rotatable bonds is 5. The van der Waals surface area contributed by atoms with Crippen molar-refractivity contribution in [3.05, 3.63) is 59.1 Å². The van der Waals surface area contributed by atoms with Gasteiger partial charge >= 0.3 is 6.18 Å². The number of pyridine rings is 1. The molecule has 2 N–H and O–H groups in total. The van der Waals surface area contributed by atoms with Crippen LogP contribution in [0.2, 0.25) is 0 Å². The predicted octanol–water partition coefficient (Wildman–Crippen LogP) is 3.83. The number of benzene rings is 1. The molecule has 1 atom stereocenters. The van der Waals surface area contributed by atoms with Crippen molar-refractivity contribution in [1.29, 1.82) is 0 Å². The van der Waals surface area contributed by atoms with E-state index in [1.54, 1.807) is 25.1 Å². The van der Waals surface area contributed by atoms with Crippen LogP contribution in [0.4, 0.5) is 13.2 Å². The molecular weight excluding hydrogens is 399 g/mol. The topological polar surface area (TPSA) is 76.4 Å². The SMILES string of the molecule is Cc1oc2ccc(OCc3cncc(C(F)(F)F)c3)cc2c1C(=O)N[C@H]1CCNC1. The summed E-state index contributed by atoms with van der Waals surface area (Å²) in [5.41, 5.74) is 0.434. The van der Waals surface area contributed by atoms with E-state index in [1.165, 1.54) is 6.20 Å². The van der Waals surface area contributed by atoms with Gasteiger partial charge in [-0.15, -0.1) is 0 Å². The van der Waals surface area contributed by atoms with Crippen molar-refractivity contribution in [3.8, 4) is 5.75 Å². The van der Waals surface area contributed by atoms with E-state index >= 15 is 0 Å². The lowest BCUT2D eigenvalue weighted by Crippen LogP contribution is -2.36. The molecule has 6 nitrogen and oxygen atoms in total. The van der Waals surface area contributed by atoms with Gasteiger partial charge in [-0.25, -0.2) is 0 Å². The van der Waals surface area contributed by atoms with Gasteiger partial charge in [0.15, 0.2) is 0 Å². The smallest absolute Gasteiger partial charge is 0.417 e. The molecule has 1 fully saturated rings. The number of furan rings is 1. The van der Waals surface area contributed by atoms with Crippen molar-refractivity contribution >= 4 is 16.9 Å². The maximum absolute atomic E-state index is 12.8. The Bertz CT molecular complexity index is 1070. The molecule has 0 aliphatic carbocycles. The number of carbonyl (C=O) groups is 1. The molecule has 1 aliphatic heterocycles. The zero-order valence-electron chi connectivity index (χ0n) is 16.2. The van der Waals surface area contributed by atoms with Crippen LogP contribution in [0.3, 0.4) is 0 Å². The molecule has 0 bridgehead atoms. The standard InChI is InChI=1S/C21H20F3N3O3/c1-12-19(20(28)27-15-4-5-25-10-15)17-7-16(2-3-18(17)30-12)29-11-13-6-14(9-26-8-13)21(22,23)24/h2-3,6-9,15,25H,4-5,10-11H2,1H3,(H,27,28)/t15-/m0/s1. The summed E-state index contributed by atoms with van der Waals surface area (Å²) in [4.78, 5) is 16.4. The fourth-order valence-corrected chi connectivity index (χ4v) is 3.49. The van der Waals surface area contributed by atoms with Crippen molar-refractivity contribution in [2.75, 3.05) is 13.1 Å². The molecule has 3 aromatic rings. The molecule has 158 valence electrons. The van der Waals surface area contributed by atoms with Gasteiger partial charge in [-0.05, 0) is 44.2 Å². The van der Waals surface area contributed by atoms with Crippen LogP contribution in [0.1, 0.15) is 33.7 Å². The predicted molar refractivity (Wildman–Crippen MR) is 103 cm³/mol. The molecule has 1 amide bonds. The van der Waals surface area contributed by atoms with E-state index in [9.17, 15) is 18.0 Å². The number of aromatic nitrogens is 1. The third-order valence-electron chi connectivity index (χ3n) is 4.99. The maximum atomic E-state index is 12.8. The zero-order chi connectivity index (χ0) is 21.3. The van der Waals surface area contributed by atoms with E-state index in [0.717, 1.165) is 31.8 Å². The number of amides is 1. The number of carbonyl (C=O) groups excluding carboxylic acids is 1. The molecule has 0 saturated carbocycles. The van der Waals surface area contributed by atoms with Gasteiger partial charge in [0, 0.05) is 35.9 Å². The van der Waals surface area contributed by atoms with Crippen molar-refractivity contribution in [1.82, 2.24) is 15.6 Å². The van der Waals surface area contributed by atoms with Crippen LogP contribution in [-0.4, -0.2) is 30.0 Å². The summed E-state index contributed by atoms with van der Waals surface area (Å²) < 4.78 is 49.9. The molecule has 1 aromatic carbocycles. The van der Waals surface area contributed by atoms with Crippen LogP contribution in [0.15, 0.2) is 41.1 Å². The number of fused-ring (bicyclic) bond motifs is 1. The van der Waals surface area contributed by atoms with Crippen LogP contribution >= 0.6 is 0 Å². The first-order chi connectivity index (χ1) is 14.3. The summed E-state index contributed by atoms with van der Waals surface area (Å²) in [6, 6.07) is 6.05. The third kappa shape index (κ3) is 4.25. The number of nitrogens with one attached hydrogen (secondary N) is 2. The van der Waals surface area contributed by atoms with Gasteiger partial charge in [0.25, 0.3) is 5.91 Å². The molecule has 9 heteroatoms. The molecule has 0 unspecified atom stereocenters.